The predicted molar refractivity (Wildman–Crippen MR) is 66.1 cm³/mol. The number of aromatic hydroxyl groups is 1. The van der Waals surface area contributed by atoms with E-state index in [-0.39, 0.29) is 0 Å². The van der Waals surface area contributed by atoms with Crippen LogP contribution in [0.25, 0.3) is 0 Å². The van der Waals surface area contributed by atoms with Crippen LogP contribution < -0.4 is 5.32 Å². The molecule has 0 aromatic heterocycles. The lowest BCUT2D eigenvalue weighted by molar-refractivity contribution is 0.0748. The number of rotatable bonds is 2. The Morgan fingerprint density at radius 2 is 2.00 bits per heavy atom. The van der Waals surface area contributed by atoms with Crippen molar-refractivity contribution in [1.29, 1.82) is 0 Å². The summed E-state index contributed by atoms with van der Waals surface area (Å²) in [5.74, 6) is 0.457. The van der Waals surface area contributed by atoms with Crippen LogP contribution in [0.15, 0.2) is 18.2 Å². The molecule has 2 N–H and O–H groups in total. The third kappa shape index (κ3) is 2.17. The fraction of sp³-hybridized carbons (Fsp3) is 0.571. The van der Waals surface area contributed by atoms with Crippen LogP contribution in [-0.4, -0.2) is 24.4 Å². The molecule has 3 heteroatoms. The van der Waals surface area contributed by atoms with Gasteiger partial charge in [-0.1, -0.05) is 12.1 Å². The summed E-state index contributed by atoms with van der Waals surface area (Å²) in [4.78, 5) is 0. The van der Waals surface area contributed by atoms with Gasteiger partial charge in [0.2, 0.25) is 0 Å². The summed E-state index contributed by atoms with van der Waals surface area (Å²) in [7, 11) is 0. The van der Waals surface area contributed by atoms with Gasteiger partial charge in [0, 0.05) is 25.3 Å². The number of fused-ring (bicyclic) bond motifs is 1. The molecule has 1 aliphatic carbocycles. The van der Waals surface area contributed by atoms with Crippen LogP contribution in [0.2, 0.25) is 0 Å². The Balaban J connectivity index is 1.72. The quantitative estimate of drug-likeness (QED) is 0.822. The van der Waals surface area contributed by atoms with Crippen molar-refractivity contribution in [3.8, 4) is 5.75 Å². The smallest absolute Gasteiger partial charge is 0.119 e. The average molecular weight is 233 g/mol. The molecule has 3 rings (SSSR count). The SMILES string of the molecule is Oc1cccc2c1CCC2NC1CCOCC1. The maximum Gasteiger partial charge on any atom is 0.119 e. The summed E-state index contributed by atoms with van der Waals surface area (Å²) in [6.07, 6.45) is 4.29. The second-order valence-electron chi connectivity index (χ2n) is 4.99. The fourth-order valence-electron chi connectivity index (χ4n) is 2.96. The van der Waals surface area contributed by atoms with Crippen LogP contribution in [0.3, 0.4) is 0 Å². The van der Waals surface area contributed by atoms with E-state index in [9.17, 15) is 5.11 Å². The van der Waals surface area contributed by atoms with Crippen molar-refractivity contribution in [2.75, 3.05) is 13.2 Å². The molecule has 0 saturated carbocycles. The summed E-state index contributed by atoms with van der Waals surface area (Å²) in [6, 6.07) is 6.86. The van der Waals surface area contributed by atoms with E-state index < -0.39 is 0 Å². The van der Waals surface area contributed by atoms with E-state index in [4.69, 9.17) is 4.74 Å². The predicted octanol–water partition coefficient (Wildman–Crippen LogP) is 2.15. The first-order chi connectivity index (χ1) is 8.34. The Kier molecular flexibility index (Phi) is 3.04. The normalized spacial score (nSPS) is 24.8. The molecule has 1 fully saturated rings. The van der Waals surface area contributed by atoms with E-state index in [0.29, 0.717) is 17.8 Å². The molecule has 1 heterocycles. The Labute approximate surface area is 102 Å². The van der Waals surface area contributed by atoms with Crippen molar-refractivity contribution in [1.82, 2.24) is 5.32 Å². The third-order valence-electron chi connectivity index (χ3n) is 3.90. The van der Waals surface area contributed by atoms with Gasteiger partial charge in [0.1, 0.15) is 5.75 Å². The Hall–Kier alpha value is -1.06. The minimum Gasteiger partial charge on any atom is -0.508 e. The first kappa shape index (κ1) is 11.1. The first-order valence-corrected chi connectivity index (χ1v) is 6.49. The number of phenolic OH excluding ortho intramolecular Hbond substituents is 1. The van der Waals surface area contributed by atoms with Crippen molar-refractivity contribution < 1.29 is 9.84 Å². The van der Waals surface area contributed by atoms with E-state index in [1.807, 2.05) is 6.07 Å². The zero-order chi connectivity index (χ0) is 11.7. The zero-order valence-electron chi connectivity index (χ0n) is 9.98. The van der Waals surface area contributed by atoms with Crippen molar-refractivity contribution in [3.05, 3.63) is 29.3 Å². The van der Waals surface area contributed by atoms with Crippen LogP contribution in [0.4, 0.5) is 0 Å². The largest absolute Gasteiger partial charge is 0.508 e. The molecule has 17 heavy (non-hydrogen) atoms. The number of nitrogens with one attached hydrogen (secondary N) is 1. The molecular weight excluding hydrogens is 214 g/mol. The molecular formula is C14H19NO2. The highest BCUT2D eigenvalue weighted by Gasteiger charge is 2.27. The first-order valence-electron chi connectivity index (χ1n) is 6.49. The molecule has 0 radical (unpaired) electrons. The summed E-state index contributed by atoms with van der Waals surface area (Å²) in [5, 5.41) is 13.5. The standard InChI is InChI=1S/C14H19NO2/c16-14-3-1-2-11-12(14)4-5-13(11)15-10-6-8-17-9-7-10/h1-3,10,13,15-16H,4-9H2. The second-order valence-corrected chi connectivity index (χ2v) is 4.99. The van der Waals surface area contributed by atoms with Gasteiger partial charge in [0.25, 0.3) is 0 Å². The number of phenols is 1. The molecule has 3 nitrogen and oxygen atoms in total. The molecule has 1 aromatic carbocycles. The molecule has 0 bridgehead atoms. The lowest BCUT2D eigenvalue weighted by Crippen LogP contribution is -2.36. The molecule has 1 aromatic rings. The van der Waals surface area contributed by atoms with Crippen LogP contribution in [-0.2, 0) is 11.2 Å². The number of benzene rings is 1. The maximum atomic E-state index is 9.81. The van der Waals surface area contributed by atoms with Gasteiger partial charge in [-0.3, -0.25) is 0 Å². The van der Waals surface area contributed by atoms with Crippen molar-refractivity contribution in [2.24, 2.45) is 0 Å². The van der Waals surface area contributed by atoms with Gasteiger partial charge < -0.3 is 15.2 Å². The Bertz CT molecular complexity index is 399. The topological polar surface area (TPSA) is 41.5 Å². The highest BCUT2D eigenvalue weighted by molar-refractivity contribution is 5.44. The van der Waals surface area contributed by atoms with Crippen LogP contribution in [0.5, 0.6) is 5.75 Å². The van der Waals surface area contributed by atoms with Gasteiger partial charge in [0.05, 0.1) is 0 Å². The second kappa shape index (κ2) is 4.67. The van der Waals surface area contributed by atoms with Gasteiger partial charge in [0.15, 0.2) is 0 Å². The monoisotopic (exact) mass is 233 g/mol. The Morgan fingerprint density at radius 1 is 1.18 bits per heavy atom. The van der Waals surface area contributed by atoms with Gasteiger partial charge in [-0.25, -0.2) is 0 Å². The number of hydrogen-bond acceptors (Lipinski definition) is 3. The van der Waals surface area contributed by atoms with E-state index in [1.165, 1.54) is 5.56 Å². The molecule has 0 spiro atoms. The van der Waals surface area contributed by atoms with Crippen LogP contribution in [0.1, 0.15) is 36.4 Å². The summed E-state index contributed by atoms with van der Waals surface area (Å²) < 4.78 is 5.37. The van der Waals surface area contributed by atoms with Crippen molar-refractivity contribution >= 4 is 0 Å². The summed E-state index contributed by atoms with van der Waals surface area (Å²) in [5.41, 5.74) is 2.42. The van der Waals surface area contributed by atoms with Crippen LogP contribution in [0, 0.1) is 0 Å². The molecule has 1 saturated heterocycles. The number of ether oxygens (including phenoxy) is 1. The molecule has 2 aliphatic rings. The van der Waals surface area contributed by atoms with Gasteiger partial charge in [-0.2, -0.15) is 0 Å². The molecule has 1 unspecified atom stereocenters. The van der Waals surface area contributed by atoms with E-state index in [2.05, 4.69) is 11.4 Å². The average Bonchev–Trinajstić information content (AvgIpc) is 2.76. The number of hydrogen-bond donors (Lipinski definition) is 2. The van der Waals surface area contributed by atoms with Crippen molar-refractivity contribution in [2.45, 2.75) is 37.8 Å². The highest BCUT2D eigenvalue weighted by Crippen LogP contribution is 2.36. The minimum atomic E-state index is 0.417. The van der Waals surface area contributed by atoms with Gasteiger partial charge in [-0.05, 0) is 42.9 Å². The van der Waals surface area contributed by atoms with Crippen LogP contribution >= 0.6 is 0 Å². The lowest BCUT2D eigenvalue weighted by atomic mass is 10.0. The fourth-order valence-corrected chi connectivity index (χ4v) is 2.96. The zero-order valence-corrected chi connectivity index (χ0v) is 9.98. The van der Waals surface area contributed by atoms with Gasteiger partial charge in [-0.15, -0.1) is 0 Å². The molecule has 1 atom stereocenters. The maximum absolute atomic E-state index is 9.81. The van der Waals surface area contributed by atoms with E-state index in [0.717, 1.165) is 44.5 Å². The minimum absolute atomic E-state index is 0.417. The Morgan fingerprint density at radius 3 is 2.82 bits per heavy atom. The summed E-state index contributed by atoms with van der Waals surface area (Å²) in [6.45, 7) is 1.74. The summed E-state index contributed by atoms with van der Waals surface area (Å²) >= 11 is 0. The highest BCUT2D eigenvalue weighted by atomic mass is 16.5. The van der Waals surface area contributed by atoms with E-state index in [1.54, 1.807) is 6.07 Å². The third-order valence-corrected chi connectivity index (χ3v) is 3.90. The molecule has 1 aliphatic heterocycles. The molecule has 92 valence electrons. The van der Waals surface area contributed by atoms with Gasteiger partial charge >= 0.3 is 0 Å². The van der Waals surface area contributed by atoms with E-state index >= 15 is 0 Å². The lowest BCUT2D eigenvalue weighted by Gasteiger charge is -2.27. The molecule has 0 amide bonds. The van der Waals surface area contributed by atoms with Crippen molar-refractivity contribution in [3.63, 3.8) is 0 Å².